The molecule has 1 aliphatic rings. The Hall–Kier alpha value is -1.73. The fourth-order valence-corrected chi connectivity index (χ4v) is 1.93. The van der Waals surface area contributed by atoms with Crippen LogP contribution in [0.25, 0.3) is 0 Å². The number of carbonyl (C=O) groups excluding carboxylic acids is 1. The van der Waals surface area contributed by atoms with Gasteiger partial charge in [-0.15, -0.1) is 0 Å². The molecule has 0 bridgehead atoms. The van der Waals surface area contributed by atoms with E-state index in [-0.39, 0.29) is 5.91 Å². The topological polar surface area (TPSA) is 64.9 Å². The molecule has 0 aromatic heterocycles. The van der Waals surface area contributed by atoms with Gasteiger partial charge in [-0.25, -0.2) is 0 Å². The smallest absolute Gasteiger partial charge is 0.220 e. The summed E-state index contributed by atoms with van der Waals surface area (Å²) in [4.78, 5) is 11.5. The van der Waals surface area contributed by atoms with Crippen molar-refractivity contribution in [3.8, 4) is 6.07 Å². The molecule has 0 aliphatic heterocycles. The van der Waals surface area contributed by atoms with Gasteiger partial charge in [-0.3, -0.25) is 4.79 Å². The second-order valence-corrected chi connectivity index (χ2v) is 5.11. The third kappa shape index (κ3) is 4.46. The Labute approximate surface area is 117 Å². The molecule has 0 spiro atoms. The average molecular weight is 278 g/mol. The van der Waals surface area contributed by atoms with E-state index >= 15 is 0 Å². The van der Waals surface area contributed by atoms with E-state index < -0.39 is 0 Å². The number of halogens is 1. The summed E-state index contributed by atoms with van der Waals surface area (Å²) in [5, 5.41) is 15.6. The van der Waals surface area contributed by atoms with E-state index in [1.54, 1.807) is 18.2 Å². The van der Waals surface area contributed by atoms with Gasteiger partial charge in [0, 0.05) is 24.0 Å². The standard InChI is InChI=1S/C14H16ClN3O/c15-11-4-3-10(9-16)13(8-11)17-7-1-2-14(19)18-12-5-6-12/h3-4,8,12,17H,1-2,5-7H2,(H,18,19). The molecule has 1 aromatic carbocycles. The van der Waals surface area contributed by atoms with Crippen LogP contribution < -0.4 is 10.6 Å². The van der Waals surface area contributed by atoms with E-state index in [0.29, 0.717) is 29.6 Å². The zero-order valence-electron chi connectivity index (χ0n) is 10.6. The van der Waals surface area contributed by atoms with Gasteiger partial charge in [-0.1, -0.05) is 11.6 Å². The van der Waals surface area contributed by atoms with Crippen molar-refractivity contribution in [3.05, 3.63) is 28.8 Å². The average Bonchev–Trinajstić information content (AvgIpc) is 3.19. The molecule has 0 radical (unpaired) electrons. The molecule has 1 aromatic rings. The molecule has 5 heteroatoms. The Morgan fingerprint density at radius 2 is 2.26 bits per heavy atom. The van der Waals surface area contributed by atoms with E-state index in [2.05, 4.69) is 16.7 Å². The second-order valence-electron chi connectivity index (χ2n) is 4.67. The van der Waals surface area contributed by atoms with Gasteiger partial charge in [-0.2, -0.15) is 5.26 Å². The molecule has 1 amide bonds. The summed E-state index contributed by atoms with van der Waals surface area (Å²) in [7, 11) is 0. The summed E-state index contributed by atoms with van der Waals surface area (Å²) in [5.41, 5.74) is 1.28. The van der Waals surface area contributed by atoms with Crippen LogP contribution in [0.2, 0.25) is 5.02 Å². The molecule has 4 nitrogen and oxygen atoms in total. The van der Waals surface area contributed by atoms with Gasteiger partial charge in [0.1, 0.15) is 6.07 Å². The molecular formula is C14H16ClN3O. The fourth-order valence-electron chi connectivity index (χ4n) is 1.76. The highest BCUT2D eigenvalue weighted by Crippen LogP contribution is 2.20. The van der Waals surface area contributed by atoms with E-state index in [1.165, 1.54) is 0 Å². The molecule has 2 N–H and O–H groups in total. The lowest BCUT2D eigenvalue weighted by atomic mass is 10.2. The predicted octanol–water partition coefficient (Wildman–Crippen LogP) is 2.68. The number of nitrogens with one attached hydrogen (secondary N) is 2. The largest absolute Gasteiger partial charge is 0.384 e. The molecular weight excluding hydrogens is 262 g/mol. The molecule has 1 aliphatic carbocycles. The summed E-state index contributed by atoms with van der Waals surface area (Å²) in [6.07, 6.45) is 3.46. The van der Waals surface area contributed by atoms with Crippen LogP contribution in [0.3, 0.4) is 0 Å². The van der Waals surface area contributed by atoms with Crippen LogP contribution in [0, 0.1) is 11.3 Å². The molecule has 2 rings (SSSR count). The fraction of sp³-hybridized carbons (Fsp3) is 0.429. The van der Waals surface area contributed by atoms with Crippen molar-refractivity contribution in [2.75, 3.05) is 11.9 Å². The Morgan fingerprint density at radius 1 is 1.47 bits per heavy atom. The molecule has 0 atom stereocenters. The maximum atomic E-state index is 11.5. The number of carbonyl (C=O) groups is 1. The number of rotatable bonds is 6. The van der Waals surface area contributed by atoms with Gasteiger partial charge in [0.15, 0.2) is 0 Å². The van der Waals surface area contributed by atoms with Crippen molar-refractivity contribution in [1.29, 1.82) is 5.26 Å². The highest BCUT2D eigenvalue weighted by atomic mass is 35.5. The van der Waals surface area contributed by atoms with Crippen LogP contribution in [0.5, 0.6) is 0 Å². The van der Waals surface area contributed by atoms with Crippen LogP contribution in [-0.4, -0.2) is 18.5 Å². The number of hydrogen-bond acceptors (Lipinski definition) is 3. The third-order valence-electron chi connectivity index (χ3n) is 2.94. The minimum atomic E-state index is 0.107. The summed E-state index contributed by atoms with van der Waals surface area (Å²) in [6, 6.07) is 7.62. The monoisotopic (exact) mass is 277 g/mol. The number of benzene rings is 1. The summed E-state index contributed by atoms with van der Waals surface area (Å²) in [6.45, 7) is 0.646. The van der Waals surface area contributed by atoms with E-state index in [4.69, 9.17) is 16.9 Å². The second kappa shape index (κ2) is 6.44. The Bertz CT molecular complexity index is 506. The summed E-state index contributed by atoms with van der Waals surface area (Å²) >= 11 is 5.89. The van der Waals surface area contributed by atoms with Crippen molar-refractivity contribution in [2.24, 2.45) is 0 Å². The Balaban J connectivity index is 1.74. The first-order valence-electron chi connectivity index (χ1n) is 6.42. The van der Waals surface area contributed by atoms with Crippen molar-refractivity contribution >= 4 is 23.2 Å². The van der Waals surface area contributed by atoms with Gasteiger partial charge in [0.2, 0.25) is 5.91 Å². The predicted molar refractivity (Wildman–Crippen MR) is 75.1 cm³/mol. The zero-order chi connectivity index (χ0) is 13.7. The first-order chi connectivity index (χ1) is 9.19. The van der Waals surface area contributed by atoms with Crippen molar-refractivity contribution in [3.63, 3.8) is 0 Å². The normalized spacial score (nSPS) is 13.7. The number of nitriles is 1. The van der Waals surface area contributed by atoms with Gasteiger partial charge in [0.25, 0.3) is 0 Å². The maximum absolute atomic E-state index is 11.5. The number of nitrogens with zero attached hydrogens (tertiary/aromatic N) is 1. The lowest BCUT2D eigenvalue weighted by Gasteiger charge is -2.08. The Kier molecular flexibility index (Phi) is 4.64. The van der Waals surface area contributed by atoms with E-state index in [1.807, 2.05) is 0 Å². The molecule has 1 fully saturated rings. The Morgan fingerprint density at radius 3 is 2.95 bits per heavy atom. The zero-order valence-corrected chi connectivity index (χ0v) is 11.3. The highest BCUT2D eigenvalue weighted by Gasteiger charge is 2.22. The van der Waals surface area contributed by atoms with Gasteiger partial charge in [0.05, 0.1) is 11.3 Å². The lowest BCUT2D eigenvalue weighted by molar-refractivity contribution is -0.121. The molecule has 0 saturated heterocycles. The molecule has 19 heavy (non-hydrogen) atoms. The van der Waals surface area contributed by atoms with Gasteiger partial charge < -0.3 is 10.6 Å². The number of amides is 1. The number of hydrogen-bond donors (Lipinski definition) is 2. The number of anilines is 1. The molecule has 0 unspecified atom stereocenters. The van der Waals surface area contributed by atoms with Gasteiger partial charge in [-0.05, 0) is 37.5 Å². The van der Waals surface area contributed by atoms with Crippen LogP contribution in [0.15, 0.2) is 18.2 Å². The maximum Gasteiger partial charge on any atom is 0.220 e. The third-order valence-corrected chi connectivity index (χ3v) is 3.18. The minimum absolute atomic E-state index is 0.107. The summed E-state index contributed by atoms with van der Waals surface area (Å²) < 4.78 is 0. The quantitative estimate of drug-likeness (QED) is 0.786. The van der Waals surface area contributed by atoms with E-state index in [0.717, 1.165) is 24.9 Å². The SMILES string of the molecule is N#Cc1ccc(Cl)cc1NCCCC(=O)NC1CC1. The van der Waals surface area contributed by atoms with Crippen molar-refractivity contribution in [2.45, 2.75) is 31.7 Å². The van der Waals surface area contributed by atoms with Crippen LogP contribution >= 0.6 is 11.6 Å². The first kappa shape index (κ1) is 13.7. The van der Waals surface area contributed by atoms with E-state index in [9.17, 15) is 4.79 Å². The van der Waals surface area contributed by atoms with Gasteiger partial charge >= 0.3 is 0 Å². The first-order valence-corrected chi connectivity index (χ1v) is 6.79. The lowest BCUT2D eigenvalue weighted by Crippen LogP contribution is -2.25. The van der Waals surface area contributed by atoms with Crippen molar-refractivity contribution < 1.29 is 4.79 Å². The van der Waals surface area contributed by atoms with Crippen LogP contribution in [0.1, 0.15) is 31.2 Å². The van der Waals surface area contributed by atoms with Crippen LogP contribution in [-0.2, 0) is 4.79 Å². The summed E-state index contributed by atoms with van der Waals surface area (Å²) in [5.74, 6) is 0.107. The van der Waals surface area contributed by atoms with Crippen molar-refractivity contribution in [1.82, 2.24) is 5.32 Å². The molecule has 100 valence electrons. The minimum Gasteiger partial charge on any atom is -0.384 e. The molecule has 1 saturated carbocycles. The van der Waals surface area contributed by atoms with Crippen LogP contribution in [0.4, 0.5) is 5.69 Å². The molecule has 0 heterocycles. The highest BCUT2D eigenvalue weighted by molar-refractivity contribution is 6.30.